The Morgan fingerprint density at radius 1 is 1.26 bits per heavy atom. The number of ether oxygens (including phenoxy) is 1. The molecule has 0 fully saturated rings. The van der Waals surface area contributed by atoms with Gasteiger partial charge >= 0.3 is 0 Å². The number of hydrogen-bond donors (Lipinski definition) is 1. The van der Waals surface area contributed by atoms with Gasteiger partial charge in [0, 0.05) is 10.9 Å². The number of hydrogen-bond acceptors (Lipinski definition) is 5. The highest BCUT2D eigenvalue weighted by Crippen LogP contribution is 2.23. The van der Waals surface area contributed by atoms with Crippen molar-refractivity contribution in [2.24, 2.45) is 0 Å². The highest BCUT2D eigenvalue weighted by Gasteiger charge is 2.10. The molecule has 1 amide bonds. The van der Waals surface area contributed by atoms with E-state index in [2.05, 4.69) is 10.3 Å². The lowest BCUT2D eigenvalue weighted by Crippen LogP contribution is -2.22. The molecule has 0 unspecified atom stereocenters. The van der Waals surface area contributed by atoms with Gasteiger partial charge in [0.05, 0.1) is 18.7 Å². The van der Waals surface area contributed by atoms with E-state index in [1.165, 1.54) is 0 Å². The zero-order valence-corrected chi connectivity index (χ0v) is 13.6. The van der Waals surface area contributed by atoms with E-state index >= 15 is 0 Å². The summed E-state index contributed by atoms with van der Waals surface area (Å²) in [5.41, 5.74) is 1.40. The maximum Gasteiger partial charge on any atom is 0.251 e. The van der Waals surface area contributed by atoms with Crippen LogP contribution in [0, 0.1) is 6.92 Å². The number of furan rings is 1. The average molecular weight is 328 g/mol. The van der Waals surface area contributed by atoms with Crippen LogP contribution in [0.15, 0.2) is 46.2 Å². The molecule has 0 saturated carbocycles. The van der Waals surface area contributed by atoms with Crippen LogP contribution in [-0.4, -0.2) is 18.0 Å². The molecule has 1 aromatic carbocycles. The van der Waals surface area contributed by atoms with Crippen molar-refractivity contribution in [1.29, 1.82) is 0 Å². The molecule has 0 spiro atoms. The second-order valence-corrected chi connectivity index (χ2v) is 5.99. The molecule has 3 rings (SSSR count). The third-order valence-electron chi connectivity index (χ3n) is 3.31. The lowest BCUT2D eigenvalue weighted by Gasteiger charge is -2.04. The lowest BCUT2D eigenvalue weighted by atomic mass is 10.2. The first-order chi connectivity index (χ1) is 11.2. The Balaban J connectivity index is 1.61. The normalized spacial score (nSPS) is 10.5. The smallest absolute Gasteiger partial charge is 0.251 e. The first-order valence-electron chi connectivity index (χ1n) is 7.09. The minimum absolute atomic E-state index is 0.157. The number of carbonyl (C=O) groups excluding carboxylic acids is 1. The van der Waals surface area contributed by atoms with Crippen LogP contribution in [-0.2, 0) is 6.54 Å². The number of carbonyl (C=O) groups is 1. The van der Waals surface area contributed by atoms with Crippen molar-refractivity contribution in [3.8, 4) is 17.2 Å². The number of methoxy groups -OCH3 is 1. The van der Waals surface area contributed by atoms with E-state index in [-0.39, 0.29) is 5.91 Å². The fourth-order valence-corrected chi connectivity index (χ4v) is 2.70. The third kappa shape index (κ3) is 3.60. The average Bonchev–Trinajstić information content (AvgIpc) is 3.21. The van der Waals surface area contributed by atoms with Crippen molar-refractivity contribution >= 4 is 17.2 Å². The summed E-state index contributed by atoms with van der Waals surface area (Å²) in [6, 6.07) is 10.7. The van der Waals surface area contributed by atoms with E-state index in [1.807, 2.05) is 24.4 Å². The van der Waals surface area contributed by atoms with Crippen LogP contribution >= 0.6 is 11.3 Å². The van der Waals surface area contributed by atoms with Gasteiger partial charge in [-0.05, 0) is 43.3 Å². The third-order valence-corrected chi connectivity index (χ3v) is 4.08. The van der Waals surface area contributed by atoms with E-state index in [0.29, 0.717) is 23.6 Å². The molecule has 6 heteroatoms. The van der Waals surface area contributed by atoms with Gasteiger partial charge in [0.1, 0.15) is 17.2 Å². The summed E-state index contributed by atoms with van der Waals surface area (Å²) < 4.78 is 10.8. The fourth-order valence-electron chi connectivity index (χ4n) is 2.10. The highest BCUT2D eigenvalue weighted by molar-refractivity contribution is 7.09. The molecule has 1 N–H and O–H groups in total. The van der Waals surface area contributed by atoms with Gasteiger partial charge in [-0.3, -0.25) is 4.79 Å². The van der Waals surface area contributed by atoms with Gasteiger partial charge in [-0.2, -0.15) is 0 Å². The van der Waals surface area contributed by atoms with Crippen LogP contribution in [0.4, 0.5) is 0 Å². The molecule has 0 aliphatic rings. The predicted molar refractivity (Wildman–Crippen MR) is 88.7 cm³/mol. The zero-order chi connectivity index (χ0) is 16.2. The standard InChI is InChI=1S/C17H16N2O3S/c1-11-19-15(10-23-11)16-8-7-14(22-16)9-18-17(20)12-3-5-13(21-2)6-4-12/h3-8,10H,9H2,1-2H3,(H,18,20). The van der Waals surface area contributed by atoms with Gasteiger partial charge in [0.25, 0.3) is 5.91 Å². The Kier molecular flexibility index (Phi) is 4.43. The van der Waals surface area contributed by atoms with Gasteiger partial charge in [-0.15, -0.1) is 11.3 Å². The van der Waals surface area contributed by atoms with Crippen molar-refractivity contribution in [3.05, 3.63) is 58.1 Å². The summed E-state index contributed by atoms with van der Waals surface area (Å²) in [7, 11) is 1.59. The molecule has 2 heterocycles. The number of benzene rings is 1. The van der Waals surface area contributed by atoms with Crippen LogP contribution in [0.3, 0.4) is 0 Å². The first kappa shape index (κ1) is 15.3. The van der Waals surface area contributed by atoms with Crippen molar-refractivity contribution in [2.45, 2.75) is 13.5 Å². The van der Waals surface area contributed by atoms with Crippen molar-refractivity contribution in [2.75, 3.05) is 7.11 Å². The molecule has 0 bridgehead atoms. The fraction of sp³-hybridized carbons (Fsp3) is 0.176. The summed E-state index contributed by atoms with van der Waals surface area (Å²) in [6.07, 6.45) is 0. The molecule has 0 saturated heterocycles. The molecule has 0 atom stereocenters. The topological polar surface area (TPSA) is 64.4 Å². The minimum atomic E-state index is -0.157. The minimum Gasteiger partial charge on any atom is -0.497 e. The quantitative estimate of drug-likeness (QED) is 0.776. The largest absolute Gasteiger partial charge is 0.497 e. The Hall–Kier alpha value is -2.60. The summed E-state index contributed by atoms with van der Waals surface area (Å²) in [5.74, 6) is 1.96. The molecule has 23 heavy (non-hydrogen) atoms. The maximum absolute atomic E-state index is 12.1. The second-order valence-electron chi connectivity index (χ2n) is 4.93. The summed E-state index contributed by atoms with van der Waals surface area (Å²) in [5, 5.41) is 5.78. The van der Waals surface area contributed by atoms with Gasteiger partial charge in [-0.25, -0.2) is 4.98 Å². The SMILES string of the molecule is COc1ccc(C(=O)NCc2ccc(-c3csc(C)n3)o2)cc1. The van der Waals surface area contributed by atoms with Crippen LogP contribution in [0.5, 0.6) is 5.75 Å². The van der Waals surface area contributed by atoms with Crippen LogP contribution in [0.25, 0.3) is 11.5 Å². The van der Waals surface area contributed by atoms with E-state index in [4.69, 9.17) is 9.15 Å². The molecule has 3 aromatic rings. The molecular formula is C17H16N2O3S. The first-order valence-corrected chi connectivity index (χ1v) is 7.97. The monoisotopic (exact) mass is 328 g/mol. The summed E-state index contributed by atoms with van der Waals surface area (Å²) >= 11 is 1.58. The van der Waals surface area contributed by atoms with E-state index in [0.717, 1.165) is 16.5 Å². The van der Waals surface area contributed by atoms with E-state index < -0.39 is 0 Å². The van der Waals surface area contributed by atoms with Gasteiger partial charge in [-0.1, -0.05) is 0 Å². The van der Waals surface area contributed by atoms with Gasteiger partial charge < -0.3 is 14.5 Å². The number of nitrogens with zero attached hydrogens (tertiary/aromatic N) is 1. The number of rotatable bonds is 5. The summed E-state index contributed by atoms with van der Waals surface area (Å²) in [4.78, 5) is 16.5. The number of nitrogens with one attached hydrogen (secondary N) is 1. The zero-order valence-electron chi connectivity index (χ0n) is 12.8. The van der Waals surface area contributed by atoms with Gasteiger partial charge in [0.2, 0.25) is 0 Å². The van der Waals surface area contributed by atoms with Crippen LogP contribution < -0.4 is 10.1 Å². The van der Waals surface area contributed by atoms with E-state index in [9.17, 15) is 4.79 Å². The second kappa shape index (κ2) is 6.66. The molecule has 5 nitrogen and oxygen atoms in total. The maximum atomic E-state index is 12.1. The number of aryl methyl sites for hydroxylation is 1. The predicted octanol–water partition coefficient (Wildman–Crippen LogP) is 3.65. The highest BCUT2D eigenvalue weighted by atomic mass is 32.1. The number of aromatic nitrogens is 1. The Morgan fingerprint density at radius 2 is 2.04 bits per heavy atom. The lowest BCUT2D eigenvalue weighted by molar-refractivity contribution is 0.0948. The number of amides is 1. The van der Waals surface area contributed by atoms with Crippen LogP contribution in [0.2, 0.25) is 0 Å². The van der Waals surface area contributed by atoms with Crippen molar-refractivity contribution in [1.82, 2.24) is 10.3 Å². The van der Waals surface area contributed by atoms with E-state index in [1.54, 1.807) is 42.7 Å². The Bertz CT molecular complexity index is 805. The Morgan fingerprint density at radius 3 is 2.70 bits per heavy atom. The molecule has 2 aromatic heterocycles. The number of thiazole rings is 1. The van der Waals surface area contributed by atoms with Crippen molar-refractivity contribution < 1.29 is 13.9 Å². The molecular weight excluding hydrogens is 312 g/mol. The molecule has 0 radical (unpaired) electrons. The van der Waals surface area contributed by atoms with Crippen molar-refractivity contribution in [3.63, 3.8) is 0 Å². The van der Waals surface area contributed by atoms with Crippen LogP contribution in [0.1, 0.15) is 21.1 Å². The summed E-state index contributed by atoms with van der Waals surface area (Å²) in [6.45, 7) is 2.28. The Labute approximate surface area is 137 Å². The molecule has 0 aliphatic carbocycles. The molecule has 118 valence electrons. The van der Waals surface area contributed by atoms with Gasteiger partial charge in [0.15, 0.2) is 5.76 Å². The molecule has 0 aliphatic heterocycles.